The molecule has 1 aliphatic carbocycles. The van der Waals surface area contributed by atoms with Crippen molar-refractivity contribution >= 4 is 11.5 Å². The van der Waals surface area contributed by atoms with Gasteiger partial charge in [0.15, 0.2) is 5.78 Å². The van der Waals surface area contributed by atoms with Crippen LogP contribution >= 0.6 is 0 Å². The van der Waals surface area contributed by atoms with Crippen molar-refractivity contribution in [3.05, 3.63) is 113 Å². The summed E-state index contributed by atoms with van der Waals surface area (Å²) in [5, 5.41) is 10.9. The summed E-state index contributed by atoms with van der Waals surface area (Å²) < 4.78 is 0. The van der Waals surface area contributed by atoms with Crippen LogP contribution in [-0.4, -0.2) is 10.9 Å². The summed E-state index contributed by atoms with van der Waals surface area (Å²) in [5.74, 6) is -0.203. The van der Waals surface area contributed by atoms with Crippen LogP contribution in [0.1, 0.15) is 34.9 Å². The Morgan fingerprint density at radius 1 is 0.692 bits per heavy atom. The van der Waals surface area contributed by atoms with Gasteiger partial charge in [0.25, 0.3) is 0 Å². The fourth-order valence-corrected chi connectivity index (χ4v) is 3.81. The summed E-state index contributed by atoms with van der Waals surface area (Å²) in [6.07, 6.45) is 0.680. The van der Waals surface area contributed by atoms with E-state index in [1.165, 1.54) is 0 Å². The fraction of sp³-hybridized carbons (Fsp3) is 0.125. The average molecular weight is 340 g/mol. The number of hydrogen-bond acceptors (Lipinski definition) is 2. The average Bonchev–Trinajstić information content (AvgIpc) is 3.06. The van der Waals surface area contributed by atoms with Crippen LogP contribution in [-0.2, 0) is 4.79 Å². The van der Waals surface area contributed by atoms with Gasteiger partial charge in [-0.15, -0.1) is 0 Å². The maximum atomic E-state index is 13.3. The molecule has 0 spiro atoms. The molecule has 0 heterocycles. The first-order chi connectivity index (χ1) is 12.8. The van der Waals surface area contributed by atoms with Gasteiger partial charge in [-0.05, 0) is 17.5 Å². The van der Waals surface area contributed by atoms with E-state index in [1.807, 2.05) is 91.0 Å². The van der Waals surface area contributed by atoms with Gasteiger partial charge in [0.1, 0.15) is 5.76 Å². The zero-order chi connectivity index (χ0) is 17.9. The van der Waals surface area contributed by atoms with Crippen LogP contribution in [0.4, 0.5) is 0 Å². The Bertz CT molecular complexity index is 928. The van der Waals surface area contributed by atoms with E-state index in [0.29, 0.717) is 17.6 Å². The molecular formula is C24H20O2. The maximum Gasteiger partial charge on any atom is 0.170 e. The normalized spacial score (nSPS) is 21.6. The van der Waals surface area contributed by atoms with E-state index in [9.17, 15) is 9.90 Å². The van der Waals surface area contributed by atoms with E-state index in [1.54, 1.807) is 0 Å². The molecule has 2 unspecified atom stereocenters. The molecule has 3 aromatic rings. The van der Waals surface area contributed by atoms with Crippen molar-refractivity contribution in [1.29, 1.82) is 0 Å². The van der Waals surface area contributed by atoms with Crippen LogP contribution < -0.4 is 0 Å². The summed E-state index contributed by atoms with van der Waals surface area (Å²) in [5.41, 5.74) is 3.29. The molecule has 0 aliphatic heterocycles. The summed E-state index contributed by atoms with van der Waals surface area (Å²) in [7, 11) is 0. The van der Waals surface area contributed by atoms with E-state index < -0.39 is 0 Å². The molecule has 0 bridgehead atoms. The quantitative estimate of drug-likeness (QED) is 0.505. The molecule has 2 heteroatoms. The van der Waals surface area contributed by atoms with Crippen LogP contribution in [0.3, 0.4) is 0 Å². The summed E-state index contributed by atoms with van der Waals surface area (Å²) in [4.78, 5) is 13.3. The predicted octanol–water partition coefficient (Wildman–Crippen LogP) is 5.50. The van der Waals surface area contributed by atoms with E-state index in [-0.39, 0.29) is 23.4 Å². The van der Waals surface area contributed by atoms with E-state index in [0.717, 1.165) is 11.1 Å². The molecule has 0 amide bonds. The summed E-state index contributed by atoms with van der Waals surface area (Å²) in [6, 6.07) is 29.2. The van der Waals surface area contributed by atoms with Crippen molar-refractivity contribution in [2.75, 3.05) is 0 Å². The van der Waals surface area contributed by atoms with Gasteiger partial charge in [-0.1, -0.05) is 91.0 Å². The lowest BCUT2D eigenvalue weighted by Gasteiger charge is -2.13. The van der Waals surface area contributed by atoms with Gasteiger partial charge < -0.3 is 5.11 Å². The molecule has 1 saturated carbocycles. The van der Waals surface area contributed by atoms with E-state index >= 15 is 0 Å². The van der Waals surface area contributed by atoms with Gasteiger partial charge in [-0.3, -0.25) is 4.79 Å². The smallest absolute Gasteiger partial charge is 0.170 e. The first kappa shape index (κ1) is 16.3. The zero-order valence-corrected chi connectivity index (χ0v) is 14.4. The highest BCUT2D eigenvalue weighted by Gasteiger charge is 2.41. The second-order valence-corrected chi connectivity index (χ2v) is 6.65. The SMILES string of the molecule is O=C1/C(=C(/O)c2ccccc2)C(c2ccccc2)CC1c1ccccc1. The van der Waals surface area contributed by atoms with Gasteiger partial charge in [-0.25, -0.2) is 0 Å². The lowest BCUT2D eigenvalue weighted by molar-refractivity contribution is -0.115. The molecule has 0 aromatic heterocycles. The maximum absolute atomic E-state index is 13.3. The molecule has 128 valence electrons. The van der Waals surface area contributed by atoms with E-state index in [2.05, 4.69) is 0 Å². The third-order valence-electron chi connectivity index (χ3n) is 5.11. The Balaban J connectivity index is 1.84. The molecule has 0 saturated heterocycles. The minimum absolute atomic E-state index is 0.0198. The molecule has 4 rings (SSSR count). The lowest BCUT2D eigenvalue weighted by Crippen LogP contribution is -2.08. The molecule has 1 aliphatic rings. The van der Waals surface area contributed by atoms with E-state index in [4.69, 9.17) is 0 Å². The summed E-state index contributed by atoms with van der Waals surface area (Å²) >= 11 is 0. The standard InChI is InChI=1S/C24H20O2/c25-23(19-14-8-3-9-15-19)22-20(17-10-4-1-5-11-17)16-21(24(22)26)18-12-6-2-7-13-18/h1-15,20-21,25H,16H2/b23-22+. The molecule has 0 radical (unpaired) electrons. The third-order valence-corrected chi connectivity index (χ3v) is 5.11. The highest BCUT2D eigenvalue weighted by molar-refractivity contribution is 6.09. The molecule has 2 atom stereocenters. The molecule has 1 fully saturated rings. The molecule has 1 N–H and O–H groups in total. The largest absolute Gasteiger partial charge is 0.507 e. The predicted molar refractivity (Wildman–Crippen MR) is 104 cm³/mol. The van der Waals surface area contributed by atoms with Gasteiger partial charge in [0, 0.05) is 23.0 Å². The lowest BCUT2D eigenvalue weighted by atomic mass is 9.91. The number of rotatable bonds is 3. The van der Waals surface area contributed by atoms with Crippen molar-refractivity contribution in [1.82, 2.24) is 0 Å². The van der Waals surface area contributed by atoms with Crippen LogP contribution in [0.5, 0.6) is 0 Å². The van der Waals surface area contributed by atoms with Gasteiger partial charge >= 0.3 is 0 Å². The topological polar surface area (TPSA) is 37.3 Å². The number of allylic oxidation sites excluding steroid dienone is 1. The van der Waals surface area contributed by atoms with Crippen LogP contribution in [0.2, 0.25) is 0 Å². The number of aliphatic hydroxyl groups excluding tert-OH is 1. The molecule has 3 aromatic carbocycles. The monoisotopic (exact) mass is 340 g/mol. The number of aliphatic hydroxyl groups is 1. The zero-order valence-electron chi connectivity index (χ0n) is 14.4. The van der Waals surface area contributed by atoms with Crippen LogP contribution in [0, 0.1) is 0 Å². The van der Waals surface area contributed by atoms with Crippen molar-refractivity contribution in [2.45, 2.75) is 18.3 Å². The van der Waals surface area contributed by atoms with Crippen molar-refractivity contribution in [3.63, 3.8) is 0 Å². The van der Waals surface area contributed by atoms with Crippen LogP contribution in [0.15, 0.2) is 96.6 Å². The summed E-state index contributed by atoms with van der Waals surface area (Å²) in [6.45, 7) is 0. The van der Waals surface area contributed by atoms with Crippen molar-refractivity contribution in [3.8, 4) is 0 Å². The van der Waals surface area contributed by atoms with Gasteiger partial charge in [0.2, 0.25) is 0 Å². The first-order valence-electron chi connectivity index (χ1n) is 8.88. The van der Waals surface area contributed by atoms with Gasteiger partial charge in [-0.2, -0.15) is 0 Å². The molecular weight excluding hydrogens is 320 g/mol. The number of carbonyl (C=O) groups excluding carboxylic acids is 1. The number of Topliss-reactive ketones (excluding diaryl/α,β-unsaturated/α-hetero) is 1. The number of ketones is 1. The Labute approximate surface area is 153 Å². The minimum atomic E-state index is -0.220. The van der Waals surface area contributed by atoms with Gasteiger partial charge in [0.05, 0.1) is 0 Å². The highest BCUT2D eigenvalue weighted by Crippen LogP contribution is 2.47. The first-order valence-corrected chi connectivity index (χ1v) is 8.88. The molecule has 2 nitrogen and oxygen atoms in total. The fourth-order valence-electron chi connectivity index (χ4n) is 3.81. The Morgan fingerprint density at radius 2 is 1.15 bits per heavy atom. The highest BCUT2D eigenvalue weighted by atomic mass is 16.3. The number of hydrogen-bond donors (Lipinski definition) is 1. The van der Waals surface area contributed by atoms with Crippen LogP contribution in [0.25, 0.3) is 5.76 Å². The second kappa shape index (κ2) is 7.01. The second-order valence-electron chi connectivity index (χ2n) is 6.65. The Morgan fingerprint density at radius 3 is 1.69 bits per heavy atom. The number of benzene rings is 3. The van der Waals surface area contributed by atoms with Crippen molar-refractivity contribution < 1.29 is 9.90 Å². The Kier molecular flexibility index (Phi) is 4.40. The molecule has 26 heavy (non-hydrogen) atoms. The minimum Gasteiger partial charge on any atom is -0.507 e. The number of carbonyl (C=O) groups is 1. The van der Waals surface area contributed by atoms with Crippen molar-refractivity contribution in [2.24, 2.45) is 0 Å². The Hall–Kier alpha value is -3.13. The third kappa shape index (κ3) is 2.95.